The van der Waals surface area contributed by atoms with Crippen LogP contribution in [-0.4, -0.2) is 12.7 Å². The lowest BCUT2D eigenvalue weighted by Gasteiger charge is -2.08. The van der Waals surface area contributed by atoms with Crippen LogP contribution in [0.4, 0.5) is 0 Å². The average molecular weight is 240 g/mol. The van der Waals surface area contributed by atoms with Crippen LogP contribution in [0.25, 0.3) is 11.1 Å². The number of ether oxygens (including phenoxy) is 1. The van der Waals surface area contributed by atoms with E-state index in [4.69, 9.17) is 4.74 Å². The summed E-state index contributed by atoms with van der Waals surface area (Å²) in [5.41, 5.74) is 3.87. The molecular formula is C17H20O. The van der Waals surface area contributed by atoms with Gasteiger partial charge in [-0.25, -0.2) is 0 Å². The lowest BCUT2D eigenvalue weighted by molar-refractivity contribution is 0.0813. The molecule has 2 aromatic rings. The zero-order valence-corrected chi connectivity index (χ0v) is 11.1. The lowest BCUT2D eigenvalue weighted by Crippen LogP contribution is -2.05. The molecule has 0 aliphatic heterocycles. The molecule has 0 spiro atoms. The maximum Gasteiger partial charge on any atom is 0.0519 e. The van der Waals surface area contributed by atoms with Crippen molar-refractivity contribution >= 4 is 0 Å². The SMILES string of the molecule is CC(C)OCCc1cccc(-c2ccccc2)c1. The van der Waals surface area contributed by atoms with E-state index in [2.05, 4.69) is 62.4 Å². The minimum absolute atomic E-state index is 0.308. The van der Waals surface area contributed by atoms with Crippen LogP contribution in [0.2, 0.25) is 0 Å². The molecule has 0 saturated carbocycles. The van der Waals surface area contributed by atoms with Crippen molar-refractivity contribution in [3.05, 3.63) is 60.2 Å². The molecule has 0 aliphatic rings. The Balaban J connectivity index is 2.06. The van der Waals surface area contributed by atoms with Gasteiger partial charge in [0.2, 0.25) is 0 Å². The highest BCUT2D eigenvalue weighted by Crippen LogP contribution is 2.20. The van der Waals surface area contributed by atoms with E-state index in [9.17, 15) is 0 Å². The largest absolute Gasteiger partial charge is 0.378 e. The standard InChI is InChI=1S/C17H20O/c1-14(2)18-12-11-15-7-6-10-17(13-15)16-8-4-3-5-9-16/h3-10,13-14H,11-12H2,1-2H3. The number of hydrogen-bond donors (Lipinski definition) is 0. The van der Waals surface area contributed by atoms with Crippen LogP contribution >= 0.6 is 0 Å². The monoisotopic (exact) mass is 240 g/mol. The van der Waals surface area contributed by atoms with Gasteiger partial charge >= 0.3 is 0 Å². The second-order valence-corrected chi connectivity index (χ2v) is 4.74. The Bertz CT molecular complexity index is 474. The van der Waals surface area contributed by atoms with E-state index < -0.39 is 0 Å². The Morgan fingerprint density at radius 1 is 0.889 bits per heavy atom. The van der Waals surface area contributed by atoms with Crippen molar-refractivity contribution in [1.29, 1.82) is 0 Å². The minimum Gasteiger partial charge on any atom is -0.378 e. The zero-order valence-electron chi connectivity index (χ0n) is 11.1. The van der Waals surface area contributed by atoms with Crippen LogP contribution in [0.3, 0.4) is 0 Å². The summed E-state index contributed by atoms with van der Waals surface area (Å²) in [5.74, 6) is 0. The summed E-state index contributed by atoms with van der Waals surface area (Å²) in [5, 5.41) is 0. The maximum absolute atomic E-state index is 5.59. The summed E-state index contributed by atoms with van der Waals surface area (Å²) in [7, 11) is 0. The zero-order chi connectivity index (χ0) is 12.8. The molecule has 0 radical (unpaired) electrons. The molecule has 0 N–H and O–H groups in total. The van der Waals surface area contributed by atoms with Gasteiger partial charge in [0.05, 0.1) is 12.7 Å². The first-order chi connectivity index (χ1) is 8.75. The Morgan fingerprint density at radius 3 is 2.33 bits per heavy atom. The molecule has 0 atom stereocenters. The summed E-state index contributed by atoms with van der Waals surface area (Å²) < 4.78 is 5.59. The fourth-order valence-electron chi connectivity index (χ4n) is 1.95. The highest BCUT2D eigenvalue weighted by atomic mass is 16.5. The normalized spacial score (nSPS) is 10.8. The van der Waals surface area contributed by atoms with Crippen molar-refractivity contribution in [2.45, 2.75) is 26.4 Å². The summed E-state index contributed by atoms with van der Waals surface area (Å²) in [6.45, 7) is 4.93. The van der Waals surface area contributed by atoms with Crippen molar-refractivity contribution in [3.8, 4) is 11.1 Å². The Labute approximate surface area is 109 Å². The molecule has 1 nitrogen and oxygen atoms in total. The molecule has 0 bridgehead atoms. The quantitative estimate of drug-likeness (QED) is 0.756. The molecule has 0 saturated heterocycles. The number of benzene rings is 2. The van der Waals surface area contributed by atoms with Gasteiger partial charge in [-0.05, 0) is 37.0 Å². The van der Waals surface area contributed by atoms with E-state index in [1.54, 1.807) is 0 Å². The predicted molar refractivity (Wildman–Crippen MR) is 76.7 cm³/mol. The van der Waals surface area contributed by atoms with E-state index in [0.717, 1.165) is 13.0 Å². The lowest BCUT2D eigenvalue weighted by atomic mass is 10.0. The predicted octanol–water partition coefficient (Wildman–Crippen LogP) is 4.32. The van der Waals surface area contributed by atoms with Crippen molar-refractivity contribution in [2.75, 3.05) is 6.61 Å². The Kier molecular flexibility index (Phi) is 4.54. The molecule has 94 valence electrons. The summed E-state index contributed by atoms with van der Waals surface area (Å²) in [6.07, 6.45) is 1.28. The van der Waals surface area contributed by atoms with Gasteiger partial charge in [-0.2, -0.15) is 0 Å². The van der Waals surface area contributed by atoms with E-state index in [1.165, 1.54) is 16.7 Å². The molecule has 2 rings (SSSR count). The Morgan fingerprint density at radius 2 is 1.61 bits per heavy atom. The van der Waals surface area contributed by atoms with Gasteiger partial charge in [-0.1, -0.05) is 54.6 Å². The van der Waals surface area contributed by atoms with Crippen molar-refractivity contribution in [2.24, 2.45) is 0 Å². The van der Waals surface area contributed by atoms with E-state index in [-0.39, 0.29) is 0 Å². The average Bonchev–Trinajstić information content (AvgIpc) is 2.40. The van der Waals surface area contributed by atoms with Crippen LogP contribution in [0.15, 0.2) is 54.6 Å². The first-order valence-corrected chi connectivity index (χ1v) is 6.51. The molecular weight excluding hydrogens is 220 g/mol. The third-order valence-electron chi connectivity index (χ3n) is 2.88. The molecule has 1 heteroatoms. The summed E-state index contributed by atoms with van der Waals surface area (Å²) in [4.78, 5) is 0. The first-order valence-electron chi connectivity index (χ1n) is 6.51. The van der Waals surface area contributed by atoms with Crippen LogP contribution < -0.4 is 0 Å². The van der Waals surface area contributed by atoms with Crippen LogP contribution in [-0.2, 0) is 11.2 Å². The third-order valence-corrected chi connectivity index (χ3v) is 2.88. The van der Waals surface area contributed by atoms with Gasteiger partial charge in [0.1, 0.15) is 0 Å². The second kappa shape index (κ2) is 6.36. The van der Waals surface area contributed by atoms with Gasteiger partial charge in [-0.3, -0.25) is 0 Å². The molecule has 18 heavy (non-hydrogen) atoms. The molecule has 0 amide bonds. The topological polar surface area (TPSA) is 9.23 Å². The summed E-state index contributed by atoms with van der Waals surface area (Å²) in [6, 6.07) is 19.2. The first kappa shape index (κ1) is 12.8. The van der Waals surface area contributed by atoms with Gasteiger partial charge in [-0.15, -0.1) is 0 Å². The van der Waals surface area contributed by atoms with E-state index in [1.807, 2.05) is 6.07 Å². The van der Waals surface area contributed by atoms with E-state index >= 15 is 0 Å². The minimum atomic E-state index is 0.308. The third kappa shape index (κ3) is 3.71. The summed E-state index contributed by atoms with van der Waals surface area (Å²) >= 11 is 0. The van der Waals surface area contributed by atoms with Crippen LogP contribution in [0.1, 0.15) is 19.4 Å². The van der Waals surface area contributed by atoms with Crippen molar-refractivity contribution < 1.29 is 4.74 Å². The molecule has 0 heterocycles. The smallest absolute Gasteiger partial charge is 0.0519 e. The highest BCUT2D eigenvalue weighted by molar-refractivity contribution is 5.63. The van der Waals surface area contributed by atoms with Gasteiger partial charge in [0.25, 0.3) is 0 Å². The Hall–Kier alpha value is -1.60. The molecule has 0 aliphatic carbocycles. The van der Waals surface area contributed by atoms with Gasteiger partial charge in [0, 0.05) is 0 Å². The van der Waals surface area contributed by atoms with Crippen LogP contribution in [0, 0.1) is 0 Å². The number of hydrogen-bond acceptors (Lipinski definition) is 1. The fourth-order valence-corrected chi connectivity index (χ4v) is 1.95. The van der Waals surface area contributed by atoms with Crippen molar-refractivity contribution in [3.63, 3.8) is 0 Å². The second-order valence-electron chi connectivity index (χ2n) is 4.74. The maximum atomic E-state index is 5.59. The van der Waals surface area contributed by atoms with Gasteiger partial charge < -0.3 is 4.74 Å². The fraction of sp³-hybridized carbons (Fsp3) is 0.294. The van der Waals surface area contributed by atoms with E-state index in [0.29, 0.717) is 6.10 Å². The van der Waals surface area contributed by atoms with Crippen molar-refractivity contribution in [1.82, 2.24) is 0 Å². The molecule has 2 aromatic carbocycles. The van der Waals surface area contributed by atoms with Crippen LogP contribution in [0.5, 0.6) is 0 Å². The molecule has 0 fully saturated rings. The van der Waals surface area contributed by atoms with Gasteiger partial charge in [0.15, 0.2) is 0 Å². The molecule has 0 unspecified atom stereocenters. The number of rotatable bonds is 5. The highest BCUT2D eigenvalue weighted by Gasteiger charge is 2.00. The molecule has 0 aromatic heterocycles.